The maximum absolute atomic E-state index is 6.38. The van der Waals surface area contributed by atoms with Gasteiger partial charge in [0.05, 0.1) is 11.6 Å². The second-order valence-electron chi connectivity index (χ2n) is 5.54. The molecule has 0 radical (unpaired) electrons. The van der Waals surface area contributed by atoms with E-state index in [0.29, 0.717) is 36.3 Å². The molecule has 24 heavy (non-hydrogen) atoms. The van der Waals surface area contributed by atoms with Crippen molar-refractivity contribution in [3.8, 4) is 11.5 Å². The molecule has 0 bridgehead atoms. The van der Waals surface area contributed by atoms with Crippen LogP contribution in [0.5, 0.6) is 11.5 Å². The fraction of sp³-hybridized carbons (Fsp3) is 0.300. The Hall–Kier alpha value is -2.13. The van der Waals surface area contributed by atoms with Crippen LogP contribution in [0.25, 0.3) is 0 Å². The molecule has 0 aliphatic heterocycles. The molecule has 0 saturated carbocycles. The van der Waals surface area contributed by atoms with E-state index in [0.717, 1.165) is 11.3 Å². The average Bonchev–Trinajstić information content (AvgIpc) is 2.56. The van der Waals surface area contributed by atoms with E-state index in [1.165, 1.54) is 11.1 Å². The first-order valence-electron chi connectivity index (χ1n) is 8.05. The molecular formula is C20H24ClNO2. The molecule has 0 aromatic heterocycles. The van der Waals surface area contributed by atoms with Gasteiger partial charge in [-0.3, -0.25) is 0 Å². The largest absolute Gasteiger partial charge is 0.490 e. The van der Waals surface area contributed by atoms with Gasteiger partial charge in [0.1, 0.15) is 6.61 Å². The normalized spacial score (nSPS) is 10.3. The Morgan fingerprint density at radius 1 is 1.21 bits per heavy atom. The smallest absolute Gasteiger partial charge is 0.180 e. The minimum atomic E-state index is 0.389. The molecule has 2 rings (SSSR count). The Morgan fingerprint density at radius 3 is 2.71 bits per heavy atom. The highest BCUT2D eigenvalue weighted by Crippen LogP contribution is 2.37. The summed E-state index contributed by atoms with van der Waals surface area (Å²) in [7, 11) is 0. The first kappa shape index (κ1) is 18.2. The Bertz CT molecular complexity index is 713. The summed E-state index contributed by atoms with van der Waals surface area (Å²) in [5, 5.41) is 4.00. The van der Waals surface area contributed by atoms with Gasteiger partial charge in [-0.1, -0.05) is 36.4 Å². The van der Waals surface area contributed by atoms with E-state index in [4.69, 9.17) is 21.1 Å². The molecule has 0 fully saturated rings. The van der Waals surface area contributed by atoms with E-state index in [1.807, 2.05) is 19.1 Å². The van der Waals surface area contributed by atoms with Gasteiger partial charge in [-0.25, -0.2) is 0 Å². The summed E-state index contributed by atoms with van der Waals surface area (Å²) >= 11 is 6.38. The number of aryl methyl sites for hydroxylation is 1. The van der Waals surface area contributed by atoms with Gasteiger partial charge in [-0.2, -0.15) is 0 Å². The number of anilines is 1. The fourth-order valence-corrected chi connectivity index (χ4v) is 2.70. The van der Waals surface area contributed by atoms with Crippen LogP contribution >= 0.6 is 11.6 Å². The first-order chi connectivity index (χ1) is 11.6. The Kier molecular flexibility index (Phi) is 6.56. The zero-order valence-electron chi connectivity index (χ0n) is 14.5. The lowest BCUT2D eigenvalue weighted by Gasteiger charge is -2.16. The highest BCUT2D eigenvalue weighted by Gasteiger charge is 2.12. The Balaban J connectivity index is 2.21. The van der Waals surface area contributed by atoms with Gasteiger partial charge in [0.25, 0.3) is 0 Å². The van der Waals surface area contributed by atoms with E-state index < -0.39 is 0 Å². The van der Waals surface area contributed by atoms with Crippen LogP contribution in [0, 0.1) is 13.8 Å². The summed E-state index contributed by atoms with van der Waals surface area (Å²) in [4.78, 5) is 0. The van der Waals surface area contributed by atoms with Gasteiger partial charge in [0.15, 0.2) is 11.5 Å². The van der Waals surface area contributed by atoms with Crippen LogP contribution in [0.15, 0.2) is 43.0 Å². The van der Waals surface area contributed by atoms with Crippen molar-refractivity contribution in [2.24, 2.45) is 0 Å². The molecule has 0 spiro atoms. The number of halogens is 1. The van der Waals surface area contributed by atoms with Gasteiger partial charge < -0.3 is 14.8 Å². The second-order valence-corrected chi connectivity index (χ2v) is 5.95. The minimum absolute atomic E-state index is 0.389. The highest BCUT2D eigenvalue weighted by atomic mass is 35.5. The number of hydrogen-bond acceptors (Lipinski definition) is 3. The summed E-state index contributed by atoms with van der Waals surface area (Å²) in [6.45, 7) is 11.4. The third-order valence-electron chi connectivity index (χ3n) is 3.80. The van der Waals surface area contributed by atoms with Gasteiger partial charge in [0.2, 0.25) is 0 Å². The third-order valence-corrected chi connectivity index (χ3v) is 4.08. The molecule has 3 nitrogen and oxygen atoms in total. The lowest BCUT2D eigenvalue weighted by molar-refractivity contribution is 0.297. The minimum Gasteiger partial charge on any atom is -0.490 e. The van der Waals surface area contributed by atoms with Crippen molar-refractivity contribution < 1.29 is 9.47 Å². The van der Waals surface area contributed by atoms with Crippen LogP contribution in [-0.2, 0) is 6.54 Å². The summed E-state index contributed by atoms with van der Waals surface area (Å²) in [5.74, 6) is 1.22. The van der Waals surface area contributed by atoms with Crippen LogP contribution in [0.3, 0.4) is 0 Å². The molecule has 4 heteroatoms. The van der Waals surface area contributed by atoms with Crippen molar-refractivity contribution in [3.63, 3.8) is 0 Å². The second kappa shape index (κ2) is 8.65. The van der Waals surface area contributed by atoms with Crippen molar-refractivity contribution in [3.05, 3.63) is 64.7 Å². The topological polar surface area (TPSA) is 30.5 Å². The monoisotopic (exact) mass is 345 g/mol. The standard InChI is InChI=1S/C20H24ClNO2/c1-5-10-24-20-17(21)11-16(12-19(20)23-6-2)13-22-18-9-7-8-14(3)15(18)4/h5,7-9,11-12,22H,1,6,10,13H2,2-4H3. The number of benzene rings is 2. The number of nitrogens with one attached hydrogen (secondary N) is 1. The first-order valence-corrected chi connectivity index (χ1v) is 8.43. The molecule has 0 heterocycles. The molecule has 1 N–H and O–H groups in total. The SMILES string of the molecule is C=CCOc1c(Cl)cc(CNc2cccc(C)c2C)cc1OCC. The van der Waals surface area contributed by atoms with Crippen LogP contribution in [0.2, 0.25) is 5.02 Å². The van der Waals surface area contributed by atoms with Crippen LogP contribution < -0.4 is 14.8 Å². The van der Waals surface area contributed by atoms with Crippen LogP contribution in [0.1, 0.15) is 23.6 Å². The predicted molar refractivity (Wildman–Crippen MR) is 102 cm³/mol. The summed E-state index contributed by atoms with van der Waals surface area (Å²) < 4.78 is 11.3. The van der Waals surface area contributed by atoms with Gasteiger partial charge in [0, 0.05) is 12.2 Å². The molecule has 2 aromatic rings. The molecule has 0 unspecified atom stereocenters. The summed E-state index contributed by atoms with van der Waals surface area (Å²) in [6, 6.07) is 10.1. The van der Waals surface area contributed by atoms with Crippen molar-refractivity contribution in [1.29, 1.82) is 0 Å². The molecule has 0 amide bonds. The van der Waals surface area contributed by atoms with E-state index >= 15 is 0 Å². The highest BCUT2D eigenvalue weighted by molar-refractivity contribution is 6.32. The lowest BCUT2D eigenvalue weighted by Crippen LogP contribution is -2.04. The maximum atomic E-state index is 6.38. The molecule has 128 valence electrons. The van der Waals surface area contributed by atoms with Gasteiger partial charge >= 0.3 is 0 Å². The van der Waals surface area contributed by atoms with Gasteiger partial charge in [-0.05, 0) is 55.7 Å². The average molecular weight is 346 g/mol. The quantitative estimate of drug-likeness (QED) is 0.638. The van der Waals surface area contributed by atoms with Crippen LogP contribution in [-0.4, -0.2) is 13.2 Å². The van der Waals surface area contributed by atoms with Crippen molar-refractivity contribution in [1.82, 2.24) is 0 Å². The Labute approximate surface area is 149 Å². The summed E-state index contributed by atoms with van der Waals surface area (Å²) in [6.07, 6.45) is 1.68. The van der Waals surface area contributed by atoms with Crippen molar-refractivity contribution >= 4 is 17.3 Å². The van der Waals surface area contributed by atoms with E-state index in [1.54, 1.807) is 6.08 Å². The van der Waals surface area contributed by atoms with E-state index in [2.05, 4.69) is 43.9 Å². The van der Waals surface area contributed by atoms with E-state index in [9.17, 15) is 0 Å². The fourth-order valence-electron chi connectivity index (χ4n) is 2.41. The number of ether oxygens (including phenoxy) is 2. The number of hydrogen-bond donors (Lipinski definition) is 1. The lowest BCUT2D eigenvalue weighted by atomic mass is 10.1. The third kappa shape index (κ3) is 4.45. The molecule has 0 aliphatic rings. The zero-order chi connectivity index (χ0) is 17.5. The zero-order valence-corrected chi connectivity index (χ0v) is 15.2. The van der Waals surface area contributed by atoms with Crippen LogP contribution in [0.4, 0.5) is 5.69 Å². The number of rotatable bonds is 8. The maximum Gasteiger partial charge on any atom is 0.180 e. The molecule has 0 aliphatic carbocycles. The summed E-state index contributed by atoms with van der Waals surface area (Å²) in [5.41, 5.74) is 4.67. The van der Waals surface area contributed by atoms with Crippen molar-refractivity contribution in [2.45, 2.75) is 27.3 Å². The predicted octanol–water partition coefficient (Wildman–Crippen LogP) is 5.53. The Morgan fingerprint density at radius 2 is 2.00 bits per heavy atom. The molecule has 0 atom stereocenters. The van der Waals surface area contributed by atoms with Gasteiger partial charge in [-0.15, -0.1) is 0 Å². The molecular weight excluding hydrogens is 322 g/mol. The molecule has 0 saturated heterocycles. The van der Waals surface area contributed by atoms with Crippen molar-refractivity contribution in [2.75, 3.05) is 18.5 Å². The molecule has 2 aromatic carbocycles. The van der Waals surface area contributed by atoms with E-state index in [-0.39, 0.29) is 0 Å².